The van der Waals surface area contributed by atoms with E-state index in [9.17, 15) is 9.59 Å². The average Bonchev–Trinajstić information content (AvgIpc) is 2.78. The van der Waals surface area contributed by atoms with Crippen LogP contribution in [0.5, 0.6) is 11.5 Å². The molecular weight excluding hydrogens is 368 g/mol. The summed E-state index contributed by atoms with van der Waals surface area (Å²) < 4.78 is 16.1. The highest BCUT2D eigenvalue weighted by Crippen LogP contribution is 2.17. The van der Waals surface area contributed by atoms with Gasteiger partial charge in [-0.2, -0.15) is 0 Å². The molecule has 0 unspecified atom stereocenters. The Bertz CT molecular complexity index is 947. The van der Waals surface area contributed by atoms with Crippen molar-refractivity contribution in [3.63, 3.8) is 0 Å². The van der Waals surface area contributed by atoms with Gasteiger partial charge >= 0.3 is 5.97 Å². The summed E-state index contributed by atoms with van der Waals surface area (Å²) in [4.78, 5) is 24.8. The van der Waals surface area contributed by atoms with Gasteiger partial charge in [0.1, 0.15) is 18.1 Å². The second-order valence-electron chi connectivity index (χ2n) is 6.44. The molecule has 0 saturated carbocycles. The first kappa shape index (κ1) is 20.1. The number of benzene rings is 3. The number of Topliss-reactive ketones (excluding diaryl/α,β-unsaturated/α-hetero) is 1. The molecule has 3 aromatic carbocycles. The first-order valence-electron chi connectivity index (χ1n) is 9.23. The molecule has 0 aromatic heterocycles. The highest BCUT2D eigenvalue weighted by Gasteiger charge is 2.20. The number of ketones is 1. The standard InChI is InChI=1S/C24H22O5/c1-17(23(25)19-8-12-21(27-2)13-9-19)29-24(26)20-10-14-22(15-11-20)28-16-18-6-4-3-5-7-18/h3-15,17H,16H2,1-2H3/t17-/m0/s1. The summed E-state index contributed by atoms with van der Waals surface area (Å²) >= 11 is 0. The number of carbonyl (C=O) groups excluding carboxylic acids is 2. The van der Waals surface area contributed by atoms with Crippen molar-refractivity contribution in [1.82, 2.24) is 0 Å². The smallest absolute Gasteiger partial charge is 0.338 e. The van der Waals surface area contributed by atoms with Crippen LogP contribution in [0, 0.1) is 0 Å². The quantitative estimate of drug-likeness (QED) is 0.412. The fourth-order valence-electron chi connectivity index (χ4n) is 2.70. The molecule has 0 heterocycles. The van der Waals surface area contributed by atoms with Crippen molar-refractivity contribution in [2.24, 2.45) is 0 Å². The Hall–Kier alpha value is -3.60. The van der Waals surface area contributed by atoms with E-state index < -0.39 is 12.1 Å². The van der Waals surface area contributed by atoms with Gasteiger partial charge in [0.2, 0.25) is 5.78 Å². The molecule has 0 aliphatic heterocycles. The molecule has 0 aliphatic rings. The van der Waals surface area contributed by atoms with Gasteiger partial charge in [-0.25, -0.2) is 4.79 Å². The fourth-order valence-corrected chi connectivity index (χ4v) is 2.70. The van der Waals surface area contributed by atoms with Gasteiger partial charge in [-0.3, -0.25) is 4.79 Å². The van der Waals surface area contributed by atoms with Crippen molar-refractivity contribution < 1.29 is 23.8 Å². The monoisotopic (exact) mass is 390 g/mol. The molecule has 0 spiro atoms. The minimum absolute atomic E-state index is 0.274. The number of ether oxygens (including phenoxy) is 3. The van der Waals surface area contributed by atoms with Gasteiger partial charge in [-0.15, -0.1) is 0 Å². The van der Waals surface area contributed by atoms with Crippen LogP contribution in [0.15, 0.2) is 78.9 Å². The molecule has 0 bridgehead atoms. The van der Waals surface area contributed by atoms with Crippen molar-refractivity contribution in [3.05, 3.63) is 95.6 Å². The summed E-state index contributed by atoms with van der Waals surface area (Å²) in [6, 6.07) is 23.1. The Labute approximate surface area is 169 Å². The Morgan fingerprint density at radius 2 is 1.38 bits per heavy atom. The van der Waals surface area contributed by atoms with Crippen molar-refractivity contribution in [3.8, 4) is 11.5 Å². The lowest BCUT2D eigenvalue weighted by atomic mass is 10.1. The Morgan fingerprint density at radius 3 is 2.00 bits per heavy atom. The Morgan fingerprint density at radius 1 is 0.793 bits per heavy atom. The molecule has 0 N–H and O–H groups in total. The molecule has 5 nitrogen and oxygen atoms in total. The topological polar surface area (TPSA) is 61.8 Å². The van der Waals surface area contributed by atoms with Crippen LogP contribution in [-0.2, 0) is 11.3 Å². The van der Waals surface area contributed by atoms with Gasteiger partial charge in [0.05, 0.1) is 12.7 Å². The third-order valence-corrected chi connectivity index (χ3v) is 4.37. The molecule has 5 heteroatoms. The maximum atomic E-state index is 12.4. The summed E-state index contributed by atoms with van der Waals surface area (Å²) in [6.45, 7) is 2.00. The number of hydrogen-bond acceptors (Lipinski definition) is 5. The van der Waals surface area contributed by atoms with Crippen LogP contribution in [0.25, 0.3) is 0 Å². The zero-order valence-corrected chi connectivity index (χ0v) is 16.3. The minimum Gasteiger partial charge on any atom is -0.497 e. The van der Waals surface area contributed by atoms with Crippen LogP contribution < -0.4 is 9.47 Å². The highest BCUT2D eigenvalue weighted by atomic mass is 16.5. The molecule has 0 fully saturated rings. The predicted octanol–water partition coefficient (Wildman–Crippen LogP) is 4.70. The van der Waals surface area contributed by atoms with Gasteiger partial charge in [0.25, 0.3) is 0 Å². The number of methoxy groups -OCH3 is 1. The van der Waals surface area contributed by atoms with Gasteiger partial charge < -0.3 is 14.2 Å². The molecule has 0 aliphatic carbocycles. The SMILES string of the molecule is COc1ccc(C(=O)[C@H](C)OC(=O)c2ccc(OCc3ccccc3)cc2)cc1. The summed E-state index contributed by atoms with van der Waals surface area (Å²) in [6.07, 6.45) is -0.898. The summed E-state index contributed by atoms with van der Waals surface area (Å²) in [5.41, 5.74) is 1.86. The van der Waals surface area contributed by atoms with E-state index in [1.165, 1.54) is 0 Å². The van der Waals surface area contributed by atoms with Crippen molar-refractivity contribution >= 4 is 11.8 Å². The van der Waals surface area contributed by atoms with Crippen LogP contribution in [0.1, 0.15) is 33.2 Å². The molecular formula is C24H22O5. The van der Waals surface area contributed by atoms with Crippen LogP contribution in [0.4, 0.5) is 0 Å². The van der Waals surface area contributed by atoms with Crippen LogP contribution in [-0.4, -0.2) is 25.0 Å². The van der Waals surface area contributed by atoms with Crippen molar-refractivity contribution in [2.45, 2.75) is 19.6 Å². The molecule has 148 valence electrons. The number of esters is 1. The molecule has 1 atom stereocenters. The molecule has 3 aromatic rings. The number of hydrogen-bond donors (Lipinski definition) is 0. The fraction of sp³-hybridized carbons (Fsp3) is 0.167. The highest BCUT2D eigenvalue weighted by molar-refractivity contribution is 6.01. The normalized spacial score (nSPS) is 11.4. The van der Waals surface area contributed by atoms with Gasteiger partial charge in [0.15, 0.2) is 6.10 Å². The van der Waals surface area contributed by atoms with Gasteiger partial charge in [0, 0.05) is 5.56 Å². The minimum atomic E-state index is -0.898. The second-order valence-corrected chi connectivity index (χ2v) is 6.44. The third kappa shape index (κ3) is 5.45. The lowest BCUT2D eigenvalue weighted by Crippen LogP contribution is -2.24. The lowest BCUT2D eigenvalue weighted by molar-refractivity contribution is 0.0318. The molecule has 0 radical (unpaired) electrons. The Kier molecular flexibility index (Phi) is 6.63. The van der Waals surface area contributed by atoms with Crippen LogP contribution >= 0.6 is 0 Å². The van der Waals surface area contributed by atoms with E-state index in [4.69, 9.17) is 14.2 Å². The van der Waals surface area contributed by atoms with E-state index in [0.717, 1.165) is 5.56 Å². The third-order valence-electron chi connectivity index (χ3n) is 4.37. The zero-order valence-electron chi connectivity index (χ0n) is 16.3. The molecule has 3 rings (SSSR count). The summed E-state index contributed by atoms with van der Waals surface area (Å²) in [5.74, 6) is 0.464. The van der Waals surface area contributed by atoms with E-state index in [1.54, 1.807) is 62.6 Å². The predicted molar refractivity (Wildman–Crippen MR) is 109 cm³/mol. The average molecular weight is 390 g/mol. The van der Waals surface area contributed by atoms with Crippen LogP contribution in [0.2, 0.25) is 0 Å². The molecule has 29 heavy (non-hydrogen) atoms. The van der Waals surface area contributed by atoms with Gasteiger partial charge in [-0.05, 0) is 61.0 Å². The zero-order chi connectivity index (χ0) is 20.6. The first-order chi connectivity index (χ1) is 14.1. The molecule has 0 saturated heterocycles. The number of rotatable bonds is 8. The van der Waals surface area contributed by atoms with E-state index in [1.807, 2.05) is 30.3 Å². The molecule has 0 amide bonds. The maximum Gasteiger partial charge on any atom is 0.338 e. The summed E-state index contributed by atoms with van der Waals surface area (Å²) in [7, 11) is 1.55. The van der Waals surface area contributed by atoms with Gasteiger partial charge in [-0.1, -0.05) is 30.3 Å². The van der Waals surface area contributed by atoms with E-state index >= 15 is 0 Å². The van der Waals surface area contributed by atoms with E-state index in [-0.39, 0.29) is 5.78 Å². The Balaban J connectivity index is 1.56. The first-order valence-corrected chi connectivity index (χ1v) is 9.23. The number of carbonyl (C=O) groups is 2. The van der Waals surface area contributed by atoms with E-state index in [0.29, 0.717) is 29.2 Å². The van der Waals surface area contributed by atoms with Crippen molar-refractivity contribution in [1.29, 1.82) is 0 Å². The maximum absolute atomic E-state index is 12.4. The second kappa shape index (κ2) is 9.55. The lowest BCUT2D eigenvalue weighted by Gasteiger charge is -2.13. The summed E-state index contributed by atoms with van der Waals surface area (Å²) in [5, 5.41) is 0. The van der Waals surface area contributed by atoms with E-state index in [2.05, 4.69) is 0 Å². The largest absolute Gasteiger partial charge is 0.497 e. The van der Waals surface area contributed by atoms with Crippen LogP contribution in [0.3, 0.4) is 0 Å². The van der Waals surface area contributed by atoms with Crippen molar-refractivity contribution in [2.75, 3.05) is 7.11 Å².